The summed E-state index contributed by atoms with van der Waals surface area (Å²) in [7, 11) is 6.84. The van der Waals surface area contributed by atoms with Gasteiger partial charge in [-0.1, -0.05) is 0 Å². The quantitative estimate of drug-likeness (QED) is 0.738. The zero-order valence-corrected chi connectivity index (χ0v) is 15.9. The van der Waals surface area contributed by atoms with Crippen molar-refractivity contribution in [2.24, 2.45) is 0 Å². The molecule has 6 heteroatoms. The molecule has 26 heavy (non-hydrogen) atoms. The predicted octanol–water partition coefficient (Wildman–Crippen LogP) is 2.60. The summed E-state index contributed by atoms with van der Waals surface area (Å²) >= 11 is 0. The number of hydrogen-bond donors (Lipinski definition) is 1. The van der Waals surface area contributed by atoms with E-state index in [9.17, 15) is 4.79 Å². The number of methoxy groups -OCH3 is 2. The highest BCUT2D eigenvalue weighted by Gasteiger charge is 2.16. The molecule has 0 aliphatic rings. The monoisotopic (exact) mass is 355 g/mol. The Morgan fingerprint density at radius 3 is 2.42 bits per heavy atom. The van der Waals surface area contributed by atoms with Gasteiger partial charge in [0.2, 0.25) is 6.41 Å². The number of pyridine rings is 1. The Balaban J connectivity index is 2.71. The minimum atomic E-state index is 0.619. The van der Waals surface area contributed by atoms with Gasteiger partial charge in [0.25, 0.3) is 0 Å². The molecule has 0 radical (unpaired) electrons. The van der Waals surface area contributed by atoms with E-state index >= 15 is 0 Å². The second kappa shape index (κ2) is 9.01. The molecule has 1 aromatic carbocycles. The lowest BCUT2D eigenvalue weighted by Gasteiger charge is -2.19. The van der Waals surface area contributed by atoms with E-state index in [2.05, 4.69) is 10.3 Å². The number of hydrogen-bond acceptors (Lipinski definition) is 5. The van der Waals surface area contributed by atoms with Gasteiger partial charge < -0.3 is 19.7 Å². The van der Waals surface area contributed by atoms with Crippen molar-refractivity contribution in [1.82, 2.24) is 15.2 Å². The molecule has 0 spiro atoms. The molecule has 0 atom stereocenters. The Labute approximate surface area is 154 Å². The maximum absolute atomic E-state index is 11.2. The highest BCUT2D eigenvalue weighted by Crippen LogP contribution is 2.36. The molecule has 0 aliphatic heterocycles. The molecule has 138 valence electrons. The summed E-state index contributed by atoms with van der Waals surface area (Å²) < 4.78 is 11.2. The molecule has 0 saturated heterocycles. The average Bonchev–Trinajstić information content (AvgIpc) is 2.66. The average molecular weight is 355 g/mol. The van der Waals surface area contributed by atoms with Crippen molar-refractivity contribution < 1.29 is 14.3 Å². The summed E-state index contributed by atoms with van der Waals surface area (Å²) in [6.07, 6.45) is 6.09. The number of rotatable bonds is 8. The van der Waals surface area contributed by atoms with E-state index in [-0.39, 0.29) is 0 Å². The largest absolute Gasteiger partial charge is 0.496 e. The topological polar surface area (TPSA) is 63.7 Å². The molecule has 1 aromatic heterocycles. The molecule has 2 rings (SSSR count). The van der Waals surface area contributed by atoms with Crippen molar-refractivity contribution in [3.05, 3.63) is 59.0 Å². The Hall–Kier alpha value is -2.86. The Kier molecular flexibility index (Phi) is 6.74. The van der Waals surface area contributed by atoms with Crippen molar-refractivity contribution in [3.63, 3.8) is 0 Å². The van der Waals surface area contributed by atoms with Crippen molar-refractivity contribution in [1.29, 1.82) is 0 Å². The molecule has 2 aromatic rings. The van der Waals surface area contributed by atoms with Gasteiger partial charge in [0.15, 0.2) is 0 Å². The zero-order chi connectivity index (χ0) is 19.1. The molecular formula is C20H25N3O3. The van der Waals surface area contributed by atoms with Crippen LogP contribution in [0.25, 0.3) is 5.57 Å². The molecular weight excluding hydrogens is 330 g/mol. The second-order valence-electron chi connectivity index (χ2n) is 5.89. The Morgan fingerprint density at radius 2 is 1.92 bits per heavy atom. The lowest BCUT2D eigenvalue weighted by Crippen LogP contribution is -2.11. The van der Waals surface area contributed by atoms with E-state index in [0.717, 1.165) is 45.7 Å². The van der Waals surface area contributed by atoms with Crippen LogP contribution in [0.2, 0.25) is 0 Å². The summed E-state index contributed by atoms with van der Waals surface area (Å²) in [5.41, 5.74) is 4.71. The van der Waals surface area contributed by atoms with Crippen LogP contribution in [0.15, 0.2) is 36.8 Å². The van der Waals surface area contributed by atoms with Crippen LogP contribution in [0.4, 0.5) is 0 Å². The Morgan fingerprint density at radius 1 is 1.27 bits per heavy atom. The lowest BCUT2D eigenvalue weighted by atomic mass is 9.94. The van der Waals surface area contributed by atoms with Gasteiger partial charge in [0, 0.05) is 43.3 Å². The molecule has 0 bridgehead atoms. The minimum absolute atomic E-state index is 0.619. The van der Waals surface area contributed by atoms with Crippen LogP contribution in [-0.2, 0) is 11.3 Å². The second-order valence-corrected chi connectivity index (χ2v) is 5.89. The van der Waals surface area contributed by atoms with Gasteiger partial charge in [-0.15, -0.1) is 0 Å². The third kappa shape index (κ3) is 4.21. The van der Waals surface area contributed by atoms with E-state index in [1.807, 2.05) is 32.2 Å². The summed E-state index contributed by atoms with van der Waals surface area (Å²) in [5, 5.41) is 3.13. The number of ether oxygens (including phenoxy) is 2. The summed E-state index contributed by atoms with van der Waals surface area (Å²) in [4.78, 5) is 16.8. The van der Waals surface area contributed by atoms with Crippen LogP contribution in [0.3, 0.4) is 0 Å². The fourth-order valence-electron chi connectivity index (χ4n) is 2.80. The highest BCUT2D eigenvalue weighted by molar-refractivity contribution is 5.83. The fraction of sp³-hybridized carbons (Fsp3) is 0.300. The molecule has 0 unspecified atom stereocenters. The van der Waals surface area contributed by atoms with Crippen LogP contribution in [0.1, 0.15) is 22.3 Å². The predicted molar refractivity (Wildman–Crippen MR) is 102 cm³/mol. The van der Waals surface area contributed by atoms with Crippen molar-refractivity contribution in [2.75, 3.05) is 28.3 Å². The molecule has 1 heterocycles. The fourth-order valence-corrected chi connectivity index (χ4v) is 2.80. The number of aromatic nitrogens is 1. The lowest BCUT2D eigenvalue weighted by molar-refractivity contribution is -0.114. The first kappa shape index (κ1) is 19.5. The number of aryl methyl sites for hydroxylation is 1. The number of carbonyl (C=O) groups is 1. The van der Waals surface area contributed by atoms with Crippen LogP contribution < -0.4 is 14.8 Å². The van der Waals surface area contributed by atoms with Crippen LogP contribution in [0.5, 0.6) is 11.5 Å². The zero-order valence-electron chi connectivity index (χ0n) is 15.9. The van der Waals surface area contributed by atoms with E-state index in [1.54, 1.807) is 39.9 Å². The van der Waals surface area contributed by atoms with Crippen molar-refractivity contribution in [3.8, 4) is 11.5 Å². The van der Waals surface area contributed by atoms with Crippen LogP contribution in [-0.4, -0.2) is 44.6 Å². The van der Waals surface area contributed by atoms with Gasteiger partial charge in [0.05, 0.1) is 14.2 Å². The van der Waals surface area contributed by atoms with Crippen molar-refractivity contribution in [2.45, 2.75) is 13.5 Å². The van der Waals surface area contributed by atoms with Gasteiger partial charge in [-0.05, 0) is 48.9 Å². The van der Waals surface area contributed by atoms with Gasteiger partial charge in [-0.25, -0.2) is 0 Å². The van der Waals surface area contributed by atoms with Gasteiger partial charge in [-0.2, -0.15) is 0 Å². The number of nitrogens with zero attached hydrogens (tertiary/aromatic N) is 2. The van der Waals surface area contributed by atoms with E-state index in [0.29, 0.717) is 6.54 Å². The number of benzene rings is 1. The third-order valence-corrected chi connectivity index (χ3v) is 4.08. The first-order chi connectivity index (χ1) is 12.5. The molecule has 1 amide bonds. The minimum Gasteiger partial charge on any atom is -0.496 e. The van der Waals surface area contributed by atoms with Gasteiger partial charge >= 0.3 is 0 Å². The summed E-state index contributed by atoms with van der Waals surface area (Å²) in [6, 6.07) is 5.85. The smallest absolute Gasteiger partial charge is 0.213 e. The molecule has 0 saturated carbocycles. The normalized spacial score (nSPS) is 11.2. The summed E-state index contributed by atoms with van der Waals surface area (Å²) in [5.74, 6) is 1.44. The van der Waals surface area contributed by atoms with Gasteiger partial charge in [0.1, 0.15) is 11.5 Å². The molecule has 6 nitrogen and oxygen atoms in total. The highest BCUT2D eigenvalue weighted by atomic mass is 16.5. The number of nitrogens with one attached hydrogen (secondary N) is 1. The number of carbonyl (C=O) groups excluding carboxylic acids is 1. The van der Waals surface area contributed by atoms with E-state index in [4.69, 9.17) is 9.47 Å². The van der Waals surface area contributed by atoms with Crippen LogP contribution >= 0.6 is 0 Å². The van der Waals surface area contributed by atoms with Gasteiger partial charge in [-0.3, -0.25) is 9.78 Å². The molecule has 1 N–H and O–H groups in total. The van der Waals surface area contributed by atoms with E-state index in [1.165, 1.54) is 4.90 Å². The maximum Gasteiger partial charge on any atom is 0.213 e. The Bertz CT molecular complexity index is 778. The molecule has 0 aliphatic carbocycles. The molecule has 0 fully saturated rings. The maximum atomic E-state index is 11.2. The first-order valence-corrected chi connectivity index (χ1v) is 8.25. The van der Waals surface area contributed by atoms with Crippen molar-refractivity contribution >= 4 is 12.0 Å². The first-order valence-electron chi connectivity index (χ1n) is 8.25. The SMILES string of the molecule is CNCc1c(OC)cc(/C(=C/N(C)C=O)c2ccncc2C)cc1OC. The van der Waals surface area contributed by atoms with Crippen LogP contribution in [0, 0.1) is 6.92 Å². The standard InChI is InChI=1S/C20H25N3O3/c1-14-10-22-7-6-16(14)18(12-23(3)13-24)15-8-19(25-4)17(11-21-2)20(9-15)26-5/h6-10,12-13,21H,11H2,1-5H3/b18-12-. The summed E-state index contributed by atoms with van der Waals surface area (Å²) in [6.45, 7) is 2.61. The third-order valence-electron chi connectivity index (χ3n) is 4.08. The number of amides is 1. The van der Waals surface area contributed by atoms with E-state index < -0.39 is 0 Å².